The minimum Gasteiger partial charge on any atom is -0.310 e. The third-order valence-electron chi connectivity index (χ3n) is 14.2. The lowest BCUT2D eigenvalue weighted by Crippen LogP contribution is -2.18. The Labute approximate surface area is 370 Å². The second-order valence-corrected chi connectivity index (χ2v) is 18.1. The molecule has 0 unspecified atom stereocenters. The third kappa shape index (κ3) is 6.00. The van der Waals surface area contributed by atoms with Crippen molar-refractivity contribution < 1.29 is 0 Å². The summed E-state index contributed by atoms with van der Waals surface area (Å²) in [4.78, 5) is 4.97. The average Bonchev–Trinajstić information content (AvgIpc) is 3.33. The van der Waals surface area contributed by atoms with Crippen LogP contribution in [-0.4, -0.2) is 0 Å². The molecule has 2 aliphatic heterocycles. The van der Waals surface area contributed by atoms with Crippen LogP contribution in [0.3, 0.4) is 0 Å². The maximum Gasteiger partial charge on any atom is 0.0497 e. The van der Waals surface area contributed by atoms with Crippen LogP contribution in [0.5, 0.6) is 0 Å². The summed E-state index contributed by atoms with van der Waals surface area (Å²) < 4.78 is 0. The van der Waals surface area contributed by atoms with Crippen LogP contribution in [0.15, 0.2) is 200 Å². The van der Waals surface area contributed by atoms with Crippen LogP contribution in [0.1, 0.15) is 55.0 Å². The number of hydrogen-bond acceptors (Lipinski definition) is 2. The van der Waals surface area contributed by atoms with Crippen LogP contribution in [0.4, 0.5) is 34.1 Å². The van der Waals surface area contributed by atoms with Gasteiger partial charge in [-0.1, -0.05) is 172 Å². The Balaban J connectivity index is 1.20. The predicted octanol–water partition coefficient (Wildman–Crippen LogP) is 16.9. The van der Waals surface area contributed by atoms with E-state index >= 15 is 0 Å². The number of benzene rings is 10. The van der Waals surface area contributed by atoms with Gasteiger partial charge in [-0.3, -0.25) is 0 Å². The number of para-hydroxylation sites is 4. The van der Waals surface area contributed by atoms with E-state index in [0.29, 0.717) is 0 Å². The van der Waals surface area contributed by atoms with Crippen molar-refractivity contribution in [3.8, 4) is 22.3 Å². The molecule has 63 heavy (non-hydrogen) atoms. The second-order valence-electron chi connectivity index (χ2n) is 18.1. The van der Waals surface area contributed by atoms with E-state index in [1.165, 1.54) is 105 Å². The zero-order chi connectivity index (χ0) is 42.2. The van der Waals surface area contributed by atoms with Crippen LogP contribution in [0.25, 0.3) is 54.6 Å². The first-order valence-electron chi connectivity index (χ1n) is 22.5. The van der Waals surface area contributed by atoms with Gasteiger partial charge in [0.1, 0.15) is 0 Å². The van der Waals surface area contributed by atoms with Gasteiger partial charge in [-0.2, -0.15) is 0 Å². The largest absolute Gasteiger partial charge is 0.310 e. The molecule has 12 rings (SSSR count). The molecule has 2 heterocycles. The van der Waals surface area contributed by atoms with E-state index < -0.39 is 0 Å². The van der Waals surface area contributed by atoms with Crippen molar-refractivity contribution in [3.05, 3.63) is 228 Å². The highest BCUT2D eigenvalue weighted by Gasteiger charge is 2.28. The highest BCUT2D eigenvalue weighted by Crippen LogP contribution is 2.52. The standard InChI is InChI=1S/C61H48N2/c1-4-61(2,3)46-30-28-41(29-31-46)59-51-34-32-48(63-57-26-13-8-19-44(57)37-45-20-9-14-27-58(45)63)39-54(51)60(50-23-15-21-40-16-5-10-22-49(40)50)52-35-33-47(38-53(52)59)62-55-24-11-6-17-42(55)36-43-18-7-12-25-56(43)62/h5-35,38-39H,4,36-37H2,1-3H3. The van der Waals surface area contributed by atoms with Gasteiger partial charge in [-0.25, -0.2) is 0 Å². The SMILES string of the molecule is CCC(C)(C)c1ccc(-c2c3cc(N4c5ccccc5Cc5ccccc54)ccc3c(-c3cccc4ccccc34)c3cc(N4c5ccccc5Cc5ccccc54)ccc23)cc1. The van der Waals surface area contributed by atoms with E-state index in [-0.39, 0.29) is 5.41 Å². The minimum absolute atomic E-state index is 0.0824. The van der Waals surface area contributed by atoms with Crippen molar-refractivity contribution in [2.75, 3.05) is 9.80 Å². The number of hydrogen-bond donors (Lipinski definition) is 0. The number of nitrogens with zero attached hydrogens (tertiary/aromatic N) is 2. The molecule has 0 bridgehead atoms. The van der Waals surface area contributed by atoms with Crippen molar-refractivity contribution in [3.63, 3.8) is 0 Å². The van der Waals surface area contributed by atoms with Gasteiger partial charge in [0, 0.05) is 47.0 Å². The van der Waals surface area contributed by atoms with Crippen LogP contribution in [0, 0.1) is 0 Å². The van der Waals surface area contributed by atoms with Crippen LogP contribution < -0.4 is 9.80 Å². The monoisotopic (exact) mass is 808 g/mol. The van der Waals surface area contributed by atoms with Gasteiger partial charge >= 0.3 is 0 Å². The predicted molar refractivity (Wildman–Crippen MR) is 268 cm³/mol. The first-order chi connectivity index (χ1) is 30.9. The Bertz CT molecular complexity index is 3330. The fourth-order valence-corrected chi connectivity index (χ4v) is 10.6. The van der Waals surface area contributed by atoms with E-state index in [2.05, 4.69) is 231 Å². The van der Waals surface area contributed by atoms with Gasteiger partial charge in [0.15, 0.2) is 0 Å². The van der Waals surface area contributed by atoms with Gasteiger partial charge in [0.05, 0.1) is 0 Å². The highest BCUT2D eigenvalue weighted by molar-refractivity contribution is 6.24. The molecule has 0 radical (unpaired) electrons. The Morgan fingerprint density at radius 1 is 0.397 bits per heavy atom. The molecule has 2 nitrogen and oxygen atoms in total. The van der Waals surface area contributed by atoms with Gasteiger partial charge in [0.25, 0.3) is 0 Å². The molecule has 2 aliphatic rings. The van der Waals surface area contributed by atoms with Crippen LogP contribution in [-0.2, 0) is 18.3 Å². The molecule has 0 amide bonds. The van der Waals surface area contributed by atoms with Gasteiger partial charge in [0.2, 0.25) is 0 Å². The molecular formula is C61H48N2. The lowest BCUT2D eigenvalue weighted by molar-refractivity contribution is 0.506. The molecular weight excluding hydrogens is 761 g/mol. The maximum absolute atomic E-state index is 2.49. The molecule has 2 heteroatoms. The Hall–Kier alpha value is -7.42. The summed E-state index contributed by atoms with van der Waals surface area (Å²) in [5.74, 6) is 0. The summed E-state index contributed by atoms with van der Waals surface area (Å²) in [6.07, 6.45) is 2.92. The normalized spacial score (nSPS) is 13.2. The van der Waals surface area contributed by atoms with Crippen molar-refractivity contribution in [2.24, 2.45) is 0 Å². The zero-order valence-corrected chi connectivity index (χ0v) is 36.1. The zero-order valence-electron chi connectivity index (χ0n) is 36.1. The minimum atomic E-state index is 0.0824. The van der Waals surface area contributed by atoms with E-state index in [1.807, 2.05) is 0 Å². The van der Waals surface area contributed by atoms with E-state index in [1.54, 1.807) is 0 Å². The van der Waals surface area contributed by atoms with Crippen molar-refractivity contribution >= 4 is 66.4 Å². The van der Waals surface area contributed by atoms with Crippen molar-refractivity contribution in [1.29, 1.82) is 0 Å². The summed E-state index contributed by atoms with van der Waals surface area (Å²) >= 11 is 0. The number of fused-ring (bicyclic) bond motifs is 7. The molecule has 10 aromatic rings. The van der Waals surface area contributed by atoms with Crippen LogP contribution in [0.2, 0.25) is 0 Å². The molecule has 0 saturated carbocycles. The number of anilines is 6. The Morgan fingerprint density at radius 2 is 0.841 bits per heavy atom. The van der Waals surface area contributed by atoms with E-state index in [0.717, 1.165) is 30.6 Å². The smallest absolute Gasteiger partial charge is 0.0497 e. The van der Waals surface area contributed by atoms with Gasteiger partial charge in [-0.05, 0) is 143 Å². The fraction of sp³-hybridized carbons (Fsp3) is 0.115. The lowest BCUT2D eigenvalue weighted by Gasteiger charge is -2.34. The molecule has 10 aromatic carbocycles. The lowest BCUT2D eigenvalue weighted by atomic mass is 9.80. The summed E-state index contributed by atoms with van der Waals surface area (Å²) in [5.41, 5.74) is 19.1. The summed E-state index contributed by atoms with van der Waals surface area (Å²) in [6.45, 7) is 6.99. The second kappa shape index (κ2) is 14.6. The first kappa shape index (κ1) is 37.4. The van der Waals surface area contributed by atoms with Crippen molar-refractivity contribution in [1.82, 2.24) is 0 Å². The summed E-state index contributed by atoms with van der Waals surface area (Å²) in [6, 6.07) is 75.3. The average molecular weight is 809 g/mol. The molecule has 0 aromatic heterocycles. The molecule has 0 N–H and O–H groups in total. The van der Waals surface area contributed by atoms with E-state index in [4.69, 9.17) is 0 Å². The highest BCUT2D eigenvalue weighted by atomic mass is 15.2. The topological polar surface area (TPSA) is 6.48 Å². The van der Waals surface area contributed by atoms with Gasteiger partial charge < -0.3 is 9.80 Å². The quantitative estimate of drug-likeness (QED) is 0.154. The van der Waals surface area contributed by atoms with Gasteiger partial charge in [-0.15, -0.1) is 0 Å². The first-order valence-corrected chi connectivity index (χ1v) is 22.5. The molecule has 302 valence electrons. The number of rotatable bonds is 6. The Kier molecular flexibility index (Phi) is 8.66. The molecule has 0 fully saturated rings. The maximum atomic E-state index is 2.49. The molecule has 0 atom stereocenters. The summed E-state index contributed by atoms with van der Waals surface area (Å²) in [7, 11) is 0. The molecule has 0 aliphatic carbocycles. The van der Waals surface area contributed by atoms with Crippen LogP contribution >= 0.6 is 0 Å². The van der Waals surface area contributed by atoms with E-state index in [9.17, 15) is 0 Å². The third-order valence-corrected chi connectivity index (χ3v) is 14.2. The fourth-order valence-electron chi connectivity index (χ4n) is 10.6. The molecule has 0 saturated heterocycles. The molecule has 0 spiro atoms. The Morgan fingerprint density at radius 3 is 1.37 bits per heavy atom. The van der Waals surface area contributed by atoms with Crippen molar-refractivity contribution in [2.45, 2.75) is 45.4 Å². The summed E-state index contributed by atoms with van der Waals surface area (Å²) in [5, 5.41) is 7.46.